The Morgan fingerprint density at radius 1 is 1.20 bits per heavy atom. The molecular formula is C31H29FN4O3S. The van der Waals surface area contributed by atoms with Crippen LogP contribution in [0.1, 0.15) is 34.5 Å². The summed E-state index contributed by atoms with van der Waals surface area (Å²) in [6.07, 6.45) is 6.39. The van der Waals surface area contributed by atoms with Crippen molar-refractivity contribution in [3.05, 3.63) is 106 Å². The van der Waals surface area contributed by atoms with Gasteiger partial charge < -0.3 is 20.0 Å². The fourth-order valence-corrected chi connectivity index (χ4v) is 7.05. The van der Waals surface area contributed by atoms with Crippen LogP contribution in [0.2, 0.25) is 0 Å². The van der Waals surface area contributed by atoms with Crippen LogP contribution in [-0.2, 0) is 17.8 Å². The van der Waals surface area contributed by atoms with Crippen LogP contribution in [0.5, 0.6) is 5.75 Å². The van der Waals surface area contributed by atoms with Gasteiger partial charge in [0.25, 0.3) is 0 Å². The number of allylic oxidation sites excluding steroid dienone is 2. The molecule has 0 radical (unpaired) electrons. The number of ether oxygens (including phenoxy) is 1. The number of carbonyl (C=O) groups excluding carboxylic acids is 1. The summed E-state index contributed by atoms with van der Waals surface area (Å²) < 4.78 is 34.8. The second-order valence-electron chi connectivity index (χ2n) is 10.4. The van der Waals surface area contributed by atoms with Gasteiger partial charge in [-0.1, -0.05) is 5.57 Å². The number of nitrogens with zero attached hydrogens (tertiary/aromatic N) is 2. The lowest BCUT2D eigenvalue weighted by Gasteiger charge is -2.45. The Morgan fingerprint density at radius 3 is 2.80 bits per heavy atom. The molecule has 0 bridgehead atoms. The molecule has 7 nitrogen and oxygen atoms in total. The lowest BCUT2D eigenvalue weighted by Crippen LogP contribution is -2.52. The molecule has 6 rings (SSSR count). The average molecular weight is 557 g/mol. The molecule has 1 aromatic heterocycles. The van der Waals surface area contributed by atoms with Crippen molar-refractivity contribution in [2.75, 3.05) is 25.0 Å². The highest BCUT2D eigenvalue weighted by molar-refractivity contribution is 7.89. The van der Waals surface area contributed by atoms with Gasteiger partial charge in [0.05, 0.1) is 29.9 Å². The van der Waals surface area contributed by atoms with Gasteiger partial charge in [-0.25, -0.2) is 4.39 Å². The molecule has 1 fully saturated rings. The first kappa shape index (κ1) is 26.4. The lowest BCUT2D eigenvalue weighted by atomic mass is 9.65. The van der Waals surface area contributed by atoms with Crippen molar-refractivity contribution in [2.24, 2.45) is 5.41 Å². The minimum Gasteiger partial charge on any atom is -0.593 e. The molecule has 0 amide bonds. The first-order chi connectivity index (χ1) is 19.4. The summed E-state index contributed by atoms with van der Waals surface area (Å²) in [7, 11) is 0. The Morgan fingerprint density at radius 2 is 2.02 bits per heavy atom. The van der Waals surface area contributed by atoms with Crippen molar-refractivity contribution in [3.63, 3.8) is 0 Å². The summed E-state index contributed by atoms with van der Waals surface area (Å²) in [5.74, 6) is 0.350. The molecule has 0 spiro atoms. The number of hydrogen-bond acceptors (Lipinski definition) is 7. The second kappa shape index (κ2) is 10.6. The number of pyridine rings is 1. The third kappa shape index (κ3) is 4.85. The molecule has 9 heteroatoms. The summed E-state index contributed by atoms with van der Waals surface area (Å²) in [6.45, 7) is 3.28. The largest absolute Gasteiger partial charge is 0.593 e. The van der Waals surface area contributed by atoms with E-state index in [4.69, 9.17) is 10.1 Å². The Labute approximate surface area is 235 Å². The van der Waals surface area contributed by atoms with Gasteiger partial charge in [-0.3, -0.25) is 9.78 Å². The maximum absolute atomic E-state index is 14.3. The number of carbonyl (C=O) groups is 1. The number of piperidine rings is 1. The van der Waals surface area contributed by atoms with Gasteiger partial charge >= 0.3 is 0 Å². The molecule has 1 aliphatic carbocycles. The predicted molar refractivity (Wildman–Crippen MR) is 153 cm³/mol. The van der Waals surface area contributed by atoms with Crippen molar-refractivity contribution in [2.45, 2.75) is 31.1 Å². The van der Waals surface area contributed by atoms with Crippen LogP contribution < -0.4 is 10.1 Å². The number of benzene rings is 2. The minimum atomic E-state index is -1.48. The number of hydrogen-bond donors (Lipinski definition) is 2. The normalized spacial score (nSPS) is 21.1. The van der Waals surface area contributed by atoms with Gasteiger partial charge in [-0.2, -0.15) is 0 Å². The number of aryl methyl sites for hydroxylation is 1. The Bertz CT molecular complexity index is 1550. The molecule has 2 aromatic carbocycles. The van der Waals surface area contributed by atoms with Crippen LogP contribution in [0, 0.1) is 23.6 Å². The van der Waals surface area contributed by atoms with E-state index in [-0.39, 0.29) is 24.6 Å². The highest BCUT2D eigenvalue weighted by atomic mass is 32.2. The standard InChI is InChI=1S/C31H29FN4O3S/c1-20-8-11-34-28(14-20)30(37)31-17-22(18-33)27(35-25-4-2-24(32)3-5-25)16-23(31)9-12-36(19-31)40(38)26-6-7-29-21(15-26)10-13-39-29/h2-8,11,14-16,18,33,35H,9-10,12-13,17,19H2,1H3. The number of anilines is 1. The van der Waals surface area contributed by atoms with Crippen molar-refractivity contribution in [1.29, 1.82) is 5.41 Å². The maximum Gasteiger partial charge on any atom is 0.193 e. The Hall–Kier alpha value is -3.79. The van der Waals surface area contributed by atoms with Gasteiger partial charge in [0.1, 0.15) is 17.3 Å². The molecule has 0 saturated carbocycles. The summed E-state index contributed by atoms with van der Waals surface area (Å²) in [5.41, 5.74) is 4.22. The van der Waals surface area contributed by atoms with Gasteiger partial charge in [0.15, 0.2) is 10.7 Å². The number of rotatable bonds is 7. The van der Waals surface area contributed by atoms with Crippen LogP contribution >= 0.6 is 0 Å². The average Bonchev–Trinajstić information content (AvgIpc) is 3.45. The quantitative estimate of drug-likeness (QED) is 0.229. The molecule has 2 N–H and O–H groups in total. The van der Waals surface area contributed by atoms with Gasteiger partial charge in [-0.15, -0.1) is 4.31 Å². The Kier molecular flexibility index (Phi) is 7.04. The molecule has 2 aliphatic heterocycles. The van der Waals surface area contributed by atoms with Gasteiger partial charge in [-0.05, 0) is 85.5 Å². The van der Waals surface area contributed by atoms with Crippen LogP contribution in [0.15, 0.2) is 88.6 Å². The molecule has 3 aliphatic rings. The van der Waals surface area contributed by atoms with E-state index in [2.05, 4.69) is 10.3 Å². The smallest absolute Gasteiger partial charge is 0.193 e. The second-order valence-corrected chi connectivity index (χ2v) is 11.9. The number of halogens is 1. The molecule has 2 atom stereocenters. The van der Waals surface area contributed by atoms with Crippen LogP contribution in [-0.4, -0.2) is 45.5 Å². The van der Waals surface area contributed by atoms with E-state index >= 15 is 0 Å². The Balaban J connectivity index is 1.37. The SMILES string of the molecule is Cc1ccnc(C(=O)C23CC(C=N)=C(Nc4ccc(F)cc4)C=C2CCN([S+]([O-])c2ccc4c(c2)CCO4)C3)c1. The van der Waals surface area contributed by atoms with Crippen molar-refractivity contribution in [1.82, 2.24) is 9.29 Å². The highest BCUT2D eigenvalue weighted by Crippen LogP contribution is 2.48. The summed E-state index contributed by atoms with van der Waals surface area (Å²) in [5, 5.41) is 11.5. The number of ketones is 1. The van der Waals surface area contributed by atoms with E-state index in [0.29, 0.717) is 47.1 Å². The van der Waals surface area contributed by atoms with Crippen LogP contribution in [0.3, 0.4) is 0 Å². The van der Waals surface area contributed by atoms with Gasteiger partial charge in [0.2, 0.25) is 0 Å². The third-order valence-electron chi connectivity index (χ3n) is 7.83. The predicted octanol–water partition coefficient (Wildman–Crippen LogP) is 5.41. The molecule has 3 aromatic rings. The molecule has 40 heavy (non-hydrogen) atoms. The third-order valence-corrected chi connectivity index (χ3v) is 9.26. The van der Waals surface area contributed by atoms with E-state index in [1.54, 1.807) is 24.4 Å². The fourth-order valence-electron chi connectivity index (χ4n) is 5.73. The van der Waals surface area contributed by atoms with Crippen LogP contribution in [0.4, 0.5) is 10.1 Å². The molecule has 1 saturated heterocycles. The van der Waals surface area contributed by atoms with E-state index in [1.165, 1.54) is 18.3 Å². The topological polar surface area (TPSA) is 101 Å². The first-order valence-electron chi connectivity index (χ1n) is 13.2. The monoisotopic (exact) mass is 556 g/mol. The first-order valence-corrected chi connectivity index (χ1v) is 14.3. The number of Topliss-reactive ketones (excluding diaryl/α,β-unsaturated/α-hetero) is 1. The van der Waals surface area contributed by atoms with E-state index in [0.717, 1.165) is 28.9 Å². The van der Waals surface area contributed by atoms with Gasteiger partial charge in [0, 0.05) is 48.4 Å². The molecule has 204 valence electrons. The molecule has 3 heterocycles. The number of nitrogens with one attached hydrogen (secondary N) is 2. The highest BCUT2D eigenvalue weighted by Gasteiger charge is 2.51. The number of fused-ring (bicyclic) bond motifs is 2. The maximum atomic E-state index is 14.3. The zero-order valence-electron chi connectivity index (χ0n) is 22.1. The zero-order chi connectivity index (χ0) is 27.9. The molecular weight excluding hydrogens is 527 g/mol. The van der Waals surface area contributed by atoms with E-state index in [9.17, 15) is 13.7 Å². The van der Waals surface area contributed by atoms with E-state index in [1.807, 2.05) is 41.6 Å². The van der Waals surface area contributed by atoms with Crippen molar-refractivity contribution >= 4 is 29.0 Å². The fraction of sp³-hybridized carbons (Fsp3) is 0.258. The summed E-state index contributed by atoms with van der Waals surface area (Å²) in [4.78, 5) is 19.4. The zero-order valence-corrected chi connectivity index (χ0v) is 22.9. The van der Waals surface area contributed by atoms with E-state index < -0.39 is 16.8 Å². The lowest BCUT2D eigenvalue weighted by molar-refractivity contribution is 0.0769. The molecule has 2 unspecified atom stereocenters. The number of aromatic nitrogens is 1. The van der Waals surface area contributed by atoms with Crippen molar-refractivity contribution < 1.29 is 18.5 Å². The summed E-state index contributed by atoms with van der Waals surface area (Å²) >= 11 is -1.48. The van der Waals surface area contributed by atoms with Crippen molar-refractivity contribution in [3.8, 4) is 5.75 Å². The minimum absolute atomic E-state index is 0.147. The van der Waals surface area contributed by atoms with Crippen LogP contribution in [0.25, 0.3) is 0 Å². The summed E-state index contributed by atoms with van der Waals surface area (Å²) in [6, 6.07) is 15.3.